The second-order valence-corrected chi connectivity index (χ2v) is 5.16. The van der Waals surface area contributed by atoms with Gasteiger partial charge in [-0.2, -0.15) is 0 Å². The molecule has 1 heterocycles. The summed E-state index contributed by atoms with van der Waals surface area (Å²) in [4.78, 5) is 6.75. The number of nitrogens with one attached hydrogen (secondary N) is 1. The van der Waals surface area contributed by atoms with E-state index in [1.165, 1.54) is 5.56 Å². The molecule has 0 saturated heterocycles. The SMILES string of the molecule is C=CCN(c1cc(C(C)NCCC)ccn1)C(C)C. The molecule has 0 spiro atoms. The quantitative estimate of drug-likeness (QED) is 0.725. The Balaban J connectivity index is 2.88. The molecule has 0 aromatic carbocycles. The topological polar surface area (TPSA) is 28.2 Å². The largest absolute Gasteiger partial charge is 0.350 e. The third kappa shape index (κ3) is 4.67. The van der Waals surface area contributed by atoms with Crippen LogP contribution in [0.1, 0.15) is 45.7 Å². The number of hydrogen-bond donors (Lipinski definition) is 1. The zero-order chi connectivity index (χ0) is 14.3. The van der Waals surface area contributed by atoms with E-state index in [1.54, 1.807) is 0 Å². The lowest BCUT2D eigenvalue weighted by molar-refractivity contribution is 0.569. The van der Waals surface area contributed by atoms with E-state index in [1.807, 2.05) is 12.3 Å². The molecule has 0 aliphatic heterocycles. The van der Waals surface area contributed by atoms with Gasteiger partial charge in [-0.05, 0) is 51.4 Å². The summed E-state index contributed by atoms with van der Waals surface area (Å²) in [6, 6.07) is 5.04. The maximum absolute atomic E-state index is 4.49. The molecular formula is C16H27N3. The molecule has 0 aliphatic carbocycles. The summed E-state index contributed by atoms with van der Waals surface area (Å²) in [5.41, 5.74) is 1.29. The van der Waals surface area contributed by atoms with Gasteiger partial charge < -0.3 is 10.2 Å². The molecule has 0 bridgehead atoms. The summed E-state index contributed by atoms with van der Waals surface area (Å²) >= 11 is 0. The molecule has 0 amide bonds. The van der Waals surface area contributed by atoms with Gasteiger partial charge in [-0.3, -0.25) is 0 Å². The van der Waals surface area contributed by atoms with Crippen LogP contribution < -0.4 is 10.2 Å². The van der Waals surface area contributed by atoms with Crippen LogP contribution in [0.4, 0.5) is 5.82 Å². The second kappa shape index (κ2) is 7.95. The Morgan fingerprint density at radius 2 is 2.16 bits per heavy atom. The van der Waals surface area contributed by atoms with Crippen molar-refractivity contribution in [3.8, 4) is 0 Å². The summed E-state index contributed by atoms with van der Waals surface area (Å²) in [5, 5.41) is 3.51. The first kappa shape index (κ1) is 15.7. The minimum atomic E-state index is 0.361. The lowest BCUT2D eigenvalue weighted by Crippen LogP contribution is -2.31. The van der Waals surface area contributed by atoms with Crippen LogP contribution in [0.25, 0.3) is 0 Å². The van der Waals surface area contributed by atoms with E-state index >= 15 is 0 Å². The van der Waals surface area contributed by atoms with Crippen molar-refractivity contribution < 1.29 is 0 Å². The number of rotatable bonds is 8. The summed E-state index contributed by atoms with van der Waals surface area (Å²) < 4.78 is 0. The first-order valence-corrected chi connectivity index (χ1v) is 7.17. The molecule has 106 valence electrons. The summed E-state index contributed by atoms with van der Waals surface area (Å²) in [5.74, 6) is 1.03. The minimum absolute atomic E-state index is 0.361. The van der Waals surface area contributed by atoms with Crippen molar-refractivity contribution in [1.82, 2.24) is 10.3 Å². The fourth-order valence-electron chi connectivity index (χ4n) is 2.05. The maximum Gasteiger partial charge on any atom is 0.129 e. The number of nitrogens with zero attached hydrogens (tertiary/aromatic N) is 2. The molecule has 3 heteroatoms. The summed E-state index contributed by atoms with van der Waals surface area (Å²) in [6.07, 6.45) is 4.97. The van der Waals surface area contributed by atoms with E-state index < -0.39 is 0 Å². The van der Waals surface area contributed by atoms with Crippen LogP contribution in [0.5, 0.6) is 0 Å². The van der Waals surface area contributed by atoms with Crippen LogP contribution in [0, 0.1) is 0 Å². The second-order valence-electron chi connectivity index (χ2n) is 5.16. The molecule has 1 N–H and O–H groups in total. The van der Waals surface area contributed by atoms with Crippen molar-refractivity contribution in [3.05, 3.63) is 36.5 Å². The van der Waals surface area contributed by atoms with Gasteiger partial charge >= 0.3 is 0 Å². The molecule has 0 fully saturated rings. The first-order chi connectivity index (χ1) is 9.10. The Morgan fingerprint density at radius 3 is 2.74 bits per heavy atom. The average Bonchev–Trinajstić information content (AvgIpc) is 2.41. The van der Waals surface area contributed by atoms with Gasteiger partial charge in [0.1, 0.15) is 5.82 Å². The van der Waals surface area contributed by atoms with Gasteiger partial charge in [0, 0.05) is 24.8 Å². The van der Waals surface area contributed by atoms with Crippen molar-refractivity contribution in [2.45, 2.75) is 46.2 Å². The summed E-state index contributed by atoms with van der Waals surface area (Å²) in [7, 11) is 0. The van der Waals surface area contributed by atoms with Crippen LogP contribution in [-0.4, -0.2) is 24.1 Å². The Hall–Kier alpha value is -1.35. The molecule has 19 heavy (non-hydrogen) atoms. The third-order valence-electron chi connectivity index (χ3n) is 3.21. The van der Waals surface area contributed by atoms with Crippen LogP contribution in [0.15, 0.2) is 31.0 Å². The van der Waals surface area contributed by atoms with Gasteiger partial charge in [0.05, 0.1) is 0 Å². The standard InChI is InChI=1S/C16H27N3/c1-6-9-17-14(5)15-8-10-18-16(12-15)19(11-7-2)13(3)4/h7-8,10,12-14,17H,2,6,9,11H2,1,3-5H3. The molecule has 1 rings (SSSR count). The van der Waals surface area contributed by atoms with Crippen molar-refractivity contribution in [1.29, 1.82) is 0 Å². The maximum atomic E-state index is 4.49. The van der Waals surface area contributed by atoms with Crippen molar-refractivity contribution >= 4 is 5.82 Å². The number of anilines is 1. The zero-order valence-electron chi connectivity index (χ0n) is 12.7. The smallest absolute Gasteiger partial charge is 0.129 e. The normalized spacial score (nSPS) is 12.5. The number of hydrogen-bond acceptors (Lipinski definition) is 3. The monoisotopic (exact) mass is 261 g/mol. The summed E-state index contributed by atoms with van der Waals surface area (Å²) in [6.45, 7) is 14.4. The van der Waals surface area contributed by atoms with E-state index in [0.29, 0.717) is 12.1 Å². The van der Waals surface area contributed by atoms with Gasteiger partial charge in [0.2, 0.25) is 0 Å². The van der Waals surface area contributed by atoms with Gasteiger partial charge in [-0.25, -0.2) is 4.98 Å². The predicted octanol–water partition coefficient (Wildman–Crippen LogP) is 3.54. The molecule has 1 aromatic heterocycles. The van der Waals surface area contributed by atoms with Gasteiger partial charge in [0.25, 0.3) is 0 Å². The van der Waals surface area contributed by atoms with Crippen LogP contribution in [-0.2, 0) is 0 Å². The van der Waals surface area contributed by atoms with E-state index in [9.17, 15) is 0 Å². The molecule has 0 radical (unpaired) electrons. The highest BCUT2D eigenvalue weighted by Gasteiger charge is 2.12. The lowest BCUT2D eigenvalue weighted by Gasteiger charge is -2.27. The van der Waals surface area contributed by atoms with Crippen molar-refractivity contribution in [3.63, 3.8) is 0 Å². The van der Waals surface area contributed by atoms with Crippen molar-refractivity contribution in [2.24, 2.45) is 0 Å². The van der Waals surface area contributed by atoms with Crippen LogP contribution >= 0.6 is 0 Å². The fourth-order valence-corrected chi connectivity index (χ4v) is 2.05. The van der Waals surface area contributed by atoms with Gasteiger partial charge in [-0.1, -0.05) is 13.0 Å². The minimum Gasteiger partial charge on any atom is -0.350 e. The lowest BCUT2D eigenvalue weighted by atomic mass is 10.1. The highest BCUT2D eigenvalue weighted by molar-refractivity contribution is 5.43. The van der Waals surface area contributed by atoms with Crippen LogP contribution in [0.2, 0.25) is 0 Å². The average molecular weight is 261 g/mol. The fraction of sp³-hybridized carbons (Fsp3) is 0.562. The molecule has 1 unspecified atom stereocenters. The number of aromatic nitrogens is 1. The predicted molar refractivity (Wildman–Crippen MR) is 83.6 cm³/mol. The zero-order valence-corrected chi connectivity index (χ0v) is 12.7. The first-order valence-electron chi connectivity index (χ1n) is 7.17. The Kier molecular flexibility index (Phi) is 6.57. The highest BCUT2D eigenvalue weighted by atomic mass is 15.2. The van der Waals surface area contributed by atoms with E-state index in [4.69, 9.17) is 0 Å². The van der Waals surface area contributed by atoms with Gasteiger partial charge in [0.15, 0.2) is 0 Å². The van der Waals surface area contributed by atoms with Gasteiger partial charge in [-0.15, -0.1) is 6.58 Å². The van der Waals surface area contributed by atoms with E-state index in [-0.39, 0.29) is 0 Å². The molecule has 1 aromatic rings. The van der Waals surface area contributed by atoms with E-state index in [2.05, 4.69) is 61.6 Å². The Labute approximate surface area is 117 Å². The Morgan fingerprint density at radius 1 is 1.42 bits per heavy atom. The third-order valence-corrected chi connectivity index (χ3v) is 3.21. The Bertz CT molecular complexity index is 387. The molecule has 0 aliphatic rings. The molecule has 3 nitrogen and oxygen atoms in total. The molecular weight excluding hydrogens is 234 g/mol. The highest BCUT2D eigenvalue weighted by Crippen LogP contribution is 2.19. The molecule has 1 atom stereocenters. The van der Waals surface area contributed by atoms with Crippen molar-refractivity contribution in [2.75, 3.05) is 18.0 Å². The van der Waals surface area contributed by atoms with Crippen LogP contribution in [0.3, 0.4) is 0 Å². The molecule has 0 saturated carbocycles. The van der Waals surface area contributed by atoms with E-state index in [0.717, 1.165) is 25.3 Å². The number of pyridine rings is 1.